The smallest absolute Gasteiger partial charge is 0.418 e. The molecule has 0 radical (unpaired) electrons. The predicted molar refractivity (Wildman–Crippen MR) is 51.0 cm³/mol. The van der Waals surface area contributed by atoms with Gasteiger partial charge in [0.1, 0.15) is 0 Å². The summed E-state index contributed by atoms with van der Waals surface area (Å²) in [5, 5.41) is 10.5. The normalized spacial score (nSPS) is 10.8. The fourth-order valence-electron chi connectivity index (χ4n) is 0.963. The van der Waals surface area contributed by atoms with Crippen molar-refractivity contribution in [2.24, 2.45) is 5.84 Å². The molecule has 0 aliphatic carbocycles. The van der Waals surface area contributed by atoms with E-state index in [1.54, 1.807) is 0 Å². The van der Waals surface area contributed by atoms with Gasteiger partial charge in [-0.05, 0) is 6.07 Å². The van der Waals surface area contributed by atoms with E-state index in [0.717, 1.165) is 12.1 Å². The van der Waals surface area contributed by atoms with Crippen LogP contribution in [-0.4, -0.2) is 16.9 Å². The van der Waals surface area contributed by atoms with Crippen molar-refractivity contribution in [3.63, 3.8) is 0 Å². The number of nitro benzene ring substituents is 1. The van der Waals surface area contributed by atoms with E-state index < -0.39 is 28.4 Å². The lowest BCUT2D eigenvalue weighted by Gasteiger charge is -2.15. The Balaban J connectivity index is 3.03. The first-order chi connectivity index (χ1) is 7.88. The average Bonchev–Trinajstić information content (AvgIpc) is 2.27. The lowest BCUT2D eigenvalue weighted by Crippen LogP contribution is -2.47. The Morgan fingerprint density at radius 1 is 1.47 bits per heavy atom. The summed E-state index contributed by atoms with van der Waals surface area (Å²) in [6.45, 7) is 0. The minimum absolute atomic E-state index is 0.683. The zero-order valence-electron chi connectivity index (χ0n) is 8.22. The van der Waals surface area contributed by atoms with Crippen LogP contribution in [0.25, 0.3) is 0 Å². The van der Waals surface area contributed by atoms with Crippen LogP contribution in [0, 0.1) is 10.1 Å². The minimum atomic E-state index is -4.29. The number of rotatable bonds is 4. The predicted octanol–water partition coefficient (Wildman–Crippen LogP) is 0.556. The van der Waals surface area contributed by atoms with E-state index in [2.05, 4.69) is 10.6 Å². The molecule has 0 aromatic heterocycles. The maximum atomic E-state index is 13.0. The first-order valence-electron chi connectivity index (χ1n) is 4.20. The van der Waals surface area contributed by atoms with Crippen LogP contribution in [0.2, 0.25) is 0 Å². The molecule has 7 nitrogen and oxygen atoms in total. The van der Waals surface area contributed by atoms with E-state index in [0.29, 0.717) is 0 Å². The van der Waals surface area contributed by atoms with Gasteiger partial charge in [-0.25, -0.2) is 5.84 Å². The van der Waals surface area contributed by atoms with Crippen LogP contribution in [0.3, 0.4) is 0 Å². The summed E-state index contributed by atoms with van der Waals surface area (Å²) in [6.07, 6.45) is -4.29. The second-order valence-corrected chi connectivity index (χ2v) is 2.82. The molecule has 0 fully saturated rings. The first kappa shape index (κ1) is 12.8. The Morgan fingerprint density at radius 3 is 2.59 bits per heavy atom. The number of alkyl halides is 2. The van der Waals surface area contributed by atoms with Gasteiger partial charge in [0.25, 0.3) is 0 Å². The van der Waals surface area contributed by atoms with E-state index in [1.165, 1.54) is 17.6 Å². The highest BCUT2D eigenvalue weighted by atomic mass is 19.3. The number of amides is 1. The number of nitrogens with two attached hydrogens (primary N) is 1. The van der Waals surface area contributed by atoms with Crippen LogP contribution in [0.4, 0.5) is 14.5 Å². The molecule has 0 aliphatic rings. The highest BCUT2D eigenvalue weighted by molar-refractivity contribution is 5.81. The minimum Gasteiger partial charge on any atom is -0.418 e. The third-order valence-electron chi connectivity index (χ3n) is 1.70. The van der Waals surface area contributed by atoms with Gasteiger partial charge in [-0.15, -0.1) is 0 Å². The molecular formula is C8H7F2N3O4. The third kappa shape index (κ3) is 2.84. The molecule has 92 valence electrons. The fourth-order valence-corrected chi connectivity index (χ4v) is 0.963. The number of hydrogen-bond donors (Lipinski definition) is 2. The monoisotopic (exact) mass is 247 g/mol. The number of carbonyl (C=O) groups excluding carboxylic acids is 1. The molecule has 0 saturated carbocycles. The highest BCUT2D eigenvalue weighted by Gasteiger charge is 2.43. The van der Waals surface area contributed by atoms with Crippen molar-refractivity contribution in [2.45, 2.75) is 6.11 Å². The standard InChI is InChI=1S/C8H7F2N3O4/c9-8(10,7(14)12-11)17-6-4-2-1-3-5(6)13(15)16/h1-4H,11H2,(H,12,14). The van der Waals surface area contributed by atoms with Gasteiger partial charge in [0, 0.05) is 6.07 Å². The number of halogens is 2. The van der Waals surface area contributed by atoms with Crippen LogP contribution in [0.15, 0.2) is 24.3 Å². The second-order valence-electron chi connectivity index (χ2n) is 2.82. The molecule has 0 aliphatic heterocycles. The van der Waals surface area contributed by atoms with E-state index in [4.69, 9.17) is 0 Å². The fraction of sp³-hybridized carbons (Fsp3) is 0.125. The Kier molecular flexibility index (Phi) is 3.53. The molecule has 1 amide bonds. The summed E-state index contributed by atoms with van der Waals surface area (Å²) in [6, 6.07) is 4.42. The topological polar surface area (TPSA) is 107 Å². The Morgan fingerprint density at radius 2 is 2.06 bits per heavy atom. The highest BCUT2D eigenvalue weighted by Crippen LogP contribution is 2.30. The van der Waals surface area contributed by atoms with Gasteiger partial charge < -0.3 is 4.74 Å². The summed E-state index contributed by atoms with van der Waals surface area (Å²) in [5.41, 5.74) is 0.507. The number of para-hydroxylation sites is 2. The molecular weight excluding hydrogens is 240 g/mol. The van der Waals surface area contributed by atoms with Crippen LogP contribution in [0.1, 0.15) is 0 Å². The second kappa shape index (κ2) is 4.70. The molecule has 1 rings (SSSR count). The van der Waals surface area contributed by atoms with Gasteiger partial charge in [-0.2, -0.15) is 8.78 Å². The summed E-state index contributed by atoms with van der Waals surface area (Å²) in [5.74, 6) is 1.88. The molecule has 0 bridgehead atoms. The summed E-state index contributed by atoms with van der Waals surface area (Å²) >= 11 is 0. The first-order valence-corrected chi connectivity index (χ1v) is 4.20. The zero-order chi connectivity index (χ0) is 13.1. The lowest BCUT2D eigenvalue weighted by atomic mass is 10.3. The number of nitrogens with one attached hydrogen (secondary N) is 1. The van der Waals surface area contributed by atoms with Crippen molar-refractivity contribution in [3.8, 4) is 5.75 Å². The molecule has 0 spiro atoms. The van der Waals surface area contributed by atoms with Gasteiger partial charge in [0.2, 0.25) is 5.75 Å². The number of nitro groups is 1. The van der Waals surface area contributed by atoms with Gasteiger partial charge in [0.15, 0.2) is 0 Å². The van der Waals surface area contributed by atoms with Gasteiger partial charge in [0.05, 0.1) is 4.92 Å². The molecule has 1 aromatic carbocycles. The van der Waals surface area contributed by atoms with Crippen LogP contribution in [-0.2, 0) is 4.79 Å². The van der Waals surface area contributed by atoms with Crippen molar-refractivity contribution in [3.05, 3.63) is 34.4 Å². The van der Waals surface area contributed by atoms with Crippen molar-refractivity contribution >= 4 is 11.6 Å². The average molecular weight is 247 g/mol. The number of carbonyl (C=O) groups is 1. The Bertz CT molecular complexity index is 452. The number of hydrogen-bond acceptors (Lipinski definition) is 5. The van der Waals surface area contributed by atoms with Crippen LogP contribution < -0.4 is 16.0 Å². The van der Waals surface area contributed by atoms with E-state index in [9.17, 15) is 23.7 Å². The van der Waals surface area contributed by atoms with Crippen molar-refractivity contribution in [1.82, 2.24) is 5.43 Å². The van der Waals surface area contributed by atoms with E-state index in [1.807, 2.05) is 0 Å². The van der Waals surface area contributed by atoms with Crippen LogP contribution in [0.5, 0.6) is 5.75 Å². The van der Waals surface area contributed by atoms with E-state index in [-0.39, 0.29) is 0 Å². The Labute approximate surface area is 93.3 Å². The maximum absolute atomic E-state index is 13.0. The molecule has 3 N–H and O–H groups in total. The molecule has 0 heterocycles. The van der Waals surface area contributed by atoms with Crippen molar-refractivity contribution in [2.75, 3.05) is 0 Å². The maximum Gasteiger partial charge on any atom is 0.483 e. The van der Waals surface area contributed by atoms with Crippen molar-refractivity contribution in [1.29, 1.82) is 0 Å². The quantitative estimate of drug-likeness (QED) is 0.349. The molecule has 9 heteroatoms. The van der Waals surface area contributed by atoms with Gasteiger partial charge >= 0.3 is 17.7 Å². The van der Waals surface area contributed by atoms with Crippen molar-refractivity contribution < 1.29 is 23.2 Å². The zero-order valence-corrected chi connectivity index (χ0v) is 8.22. The molecule has 0 unspecified atom stereocenters. The van der Waals surface area contributed by atoms with Crippen LogP contribution >= 0.6 is 0 Å². The third-order valence-corrected chi connectivity index (χ3v) is 1.70. The van der Waals surface area contributed by atoms with Gasteiger partial charge in [-0.3, -0.25) is 20.3 Å². The summed E-state index contributed by atoms with van der Waals surface area (Å²) in [7, 11) is 0. The molecule has 17 heavy (non-hydrogen) atoms. The largest absolute Gasteiger partial charge is 0.483 e. The number of hydrazine groups is 1. The lowest BCUT2D eigenvalue weighted by molar-refractivity contribution is -0.386. The summed E-state index contributed by atoms with van der Waals surface area (Å²) in [4.78, 5) is 20.2. The SMILES string of the molecule is NNC(=O)C(F)(F)Oc1ccccc1[N+](=O)[O-]. The number of nitrogens with zero attached hydrogens (tertiary/aromatic N) is 1. The van der Waals surface area contributed by atoms with E-state index >= 15 is 0 Å². The molecule has 0 saturated heterocycles. The number of ether oxygens (including phenoxy) is 1. The Hall–Kier alpha value is -2.29. The summed E-state index contributed by atoms with van der Waals surface area (Å²) < 4.78 is 30.0. The number of benzene rings is 1. The molecule has 1 aromatic rings. The van der Waals surface area contributed by atoms with Gasteiger partial charge in [-0.1, -0.05) is 12.1 Å². The molecule has 0 atom stereocenters.